The number of nitrogens with one attached hydrogen (secondary N) is 1. The zero-order valence-electron chi connectivity index (χ0n) is 12.6. The van der Waals surface area contributed by atoms with Gasteiger partial charge in [0.25, 0.3) is 0 Å². The van der Waals surface area contributed by atoms with Gasteiger partial charge in [0, 0.05) is 12.8 Å². The first-order valence-electron chi connectivity index (χ1n) is 7.26. The Morgan fingerprint density at radius 1 is 1.17 bits per heavy atom. The summed E-state index contributed by atoms with van der Waals surface area (Å²) in [6.45, 7) is 0.523. The number of fused-ring (bicyclic) bond motifs is 1. The third-order valence-corrected chi connectivity index (χ3v) is 3.67. The van der Waals surface area contributed by atoms with Crippen LogP contribution in [-0.4, -0.2) is 16.4 Å². The number of thiocarbonyl (C=S) groups is 1. The Bertz CT molecular complexity index is 965. The number of para-hydroxylation sites is 1. The third-order valence-electron chi connectivity index (χ3n) is 3.42. The standard InChI is InChI=1S/C18H14N2O3S/c21-16-13-8-4-5-9-15(13)23-17(22)14(16)11-20-18(24)19-10-12-6-2-1-3-7-12/h1-9,11,21H,10H2,(H,19,24). The van der Waals surface area contributed by atoms with E-state index < -0.39 is 5.63 Å². The van der Waals surface area contributed by atoms with Crippen LogP contribution in [0.2, 0.25) is 0 Å². The highest BCUT2D eigenvalue weighted by Gasteiger charge is 2.11. The number of rotatable bonds is 3. The van der Waals surface area contributed by atoms with E-state index in [0.29, 0.717) is 17.5 Å². The van der Waals surface area contributed by atoms with Crippen LogP contribution in [0.25, 0.3) is 11.0 Å². The van der Waals surface area contributed by atoms with Gasteiger partial charge in [0.2, 0.25) is 0 Å². The molecule has 1 aromatic heterocycles. The fourth-order valence-electron chi connectivity index (χ4n) is 2.20. The van der Waals surface area contributed by atoms with Gasteiger partial charge in [0.1, 0.15) is 16.9 Å². The van der Waals surface area contributed by atoms with E-state index >= 15 is 0 Å². The summed E-state index contributed by atoms with van der Waals surface area (Å²) >= 11 is 5.11. The van der Waals surface area contributed by atoms with Crippen molar-refractivity contribution in [2.45, 2.75) is 6.54 Å². The first-order valence-corrected chi connectivity index (χ1v) is 7.66. The molecule has 5 nitrogen and oxygen atoms in total. The SMILES string of the molecule is O=c1oc2ccccc2c(O)c1C=NC(=S)NCc1ccccc1. The summed E-state index contributed by atoms with van der Waals surface area (Å²) < 4.78 is 5.16. The predicted molar refractivity (Wildman–Crippen MR) is 97.6 cm³/mol. The lowest BCUT2D eigenvalue weighted by Gasteiger charge is -2.04. The second kappa shape index (κ2) is 7.06. The van der Waals surface area contributed by atoms with Crippen LogP contribution in [0.1, 0.15) is 11.1 Å². The van der Waals surface area contributed by atoms with Gasteiger partial charge in [-0.05, 0) is 29.9 Å². The Morgan fingerprint density at radius 2 is 1.88 bits per heavy atom. The molecule has 1 heterocycles. The number of nitrogens with zero attached hydrogens (tertiary/aromatic N) is 1. The molecule has 6 heteroatoms. The van der Waals surface area contributed by atoms with Crippen molar-refractivity contribution in [2.24, 2.45) is 4.99 Å². The van der Waals surface area contributed by atoms with Crippen LogP contribution in [0.4, 0.5) is 0 Å². The molecule has 3 rings (SSSR count). The van der Waals surface area contributed by atoms with Crippen LogP contribution in [-0.2, 0) is 6.54 Å². The molecule has 0 atom stereocenters. The zero-order chi connectivity index (χ0) is 16.9. The van der Waals surface area contributed by atoms with Gasteiger partial charge in [0.15, 0.2) is 5.11 Å². The van der Waals surface area contributed by atoms with E-state index in [1.807, 2.05) is 30.3 Å². The summed E-state index contributed by atoms with van der Waals surface area (Å²) in [6, 6.07) is 16.5. The van der Waals surface area contributed by atoms with Crippen molar-refractivity contribution < 1.29 is 9.52 Å². The third kappa shape index (κ3) is 3.49. The maximum absolute atomic E-state index is 12.0. The van der Waals surface area contributed by atoms with E-state index in [9.17, 15) is 9.90 Å². The molecule has 0 saturated carbocycles. The van der Waals surface area contributed by atoms with Crippen molar-refractivity contribution in [2.75, 3.05) is 0 Å². The van der Waals surface area contributed by atoms with E-state index in [2.05, 4.69) is 10.3 Å². The van der Waals surface area contributed by atoms with Crippen molar-refractivity contribution in [1.82, 2.24) is 5.32 Å². The monoisotopic (exact) mass is 338 g/mol. The van der Waals surface area contributed by atoms with Gasteiger partial charge >= 0.3 is 5.63 Å². The van der Waals surface area contributed by atoms with Crippen LogP contribution < -0.4 is 10.9 Å². The smallest absolute Gasteiger partial charge is 0.348 e. The van der Waals surface area contributed by atoms with Crippen LogP contribution in [0.3, 0.4) is 0 Å². The fourth-order valence-corrected chi connectivity index (χ4v) is 2.33. The number of aliphatic imine (C=N–C) groups is 1. The molecule has 2 aromatic carbocycles. The quantitative estimate of drug-likeness (QED) is 0.436. The van der Waals surface area contributed by atoms with Gasteiger partial charge < -0.3 is 14.8 Å². The largest absolute Gasteiger partial charge is 0.506 e. The highest BCUT2D eigenvalue weighted by molar-refractivity contribution is 7.80. The lowest BCUT2D eigenvalue weighted by molar-refractivity contribution is 0.466. The minimum Gasteiger partial charge on any atom is -0.506 e. The summed E-state index contributed by atoms with van der Waals surface area (Å²) in [7, 11) is 0. The van der Waals surface area contributed by atoms with Gasteiger partial charge in [-0.3, -0.25) is 0 Å². The number of hydrogen-bond acceptors (Lipinski definition) is 4. The van der Waals surface area contributed by atoms with Crippen molar-refractivity contribution in [1.29, 1.82) is 0 Å². The summed E-state index contributed by atoms with van der Waals surface area (Å²) in [6.07, 6.45) is 1.22. The van der Waals surface area contributed by atoms with E-state index in [0.717, 1.165) is 5.56 Å². The molecule has 0 aliphatic heterocycles. The minimum atomic E-state index is -0.666. The predicted octanol–water partition coefficient (Wildman–Crippen LogP) is 2.99. The van der Waals surface area contributed by atoms with E-state index in [1.165, 1.54) is 6.21 Å². The topological polar surface area (TPSA) is 74.8 Å². The zero-order valence-corrected chi connectivity index (χ0v) is 13.4. The molecule has 0 radical (unpaired) electrons. The molecule has 0 fully saturated rings. The summed E-state index contributed by atoms with van der Waals surface area (Å²) in [5.74, 6) is -0.170. The summed E-state index contributed by atoms with van der Waals surface area (Å²) in [5, 5.41) is 13.9. The Balaban J connectivity index is 1.78. The van der Waals surface area contributed by atoms with Crippen LogP contribution in [0.15, 0.2) is 68.8 Å². The number of benzene rings is 2. The van der Waals surface area contributed by atoms with E-state index in [-0.39, 0.29) is 16.4 Å². The normalized spacial score (nSPS) is 11.0. The van der Waals surface area contributed by atoms with Crippen molar-refractivity contribution in [3.05, 3.63) is 76.1 Å². The molecule has 0 aliphatic rings. The van der Waals surface area contributed by atoms with Gasteiger partial charge in [-0.15, -0.1) is 0 Å². The average molecular weight is 338 g/mol. The lowest BCUT2D eigenvalue weighted by atomic mass is 10.1. The summed E-state index contributed by atoms with van der Waals surface area (Å²) in [5.41, 5.74) is 0.684. The molecule has 120 valence electrons. The maximum Gasteiger partial charge on any atom is 0.348 e. The van der Waals surface area contributed by atoms with Gasteiger partial charge in [-0.1, -0.05) is 42.5 Å². The molecular formula is C18H14N2O3S. The van der Waals surface area contributed by atoms with Crippen LogP contribution >= 0.6 is 12.2 Å². The second-order valence-electron chi connectivity index (χ2n) is 5.05. The molecular weight excluding hydrogens is 324 g/mol. The number of aromatic hydroxyl groups is 1. The van der Waals surface area contributed by atoms with Crippen molar-refractivity contribution in [3.8, 4) is 5.75 Å². The first-order chi connectivity index (χ1) is 11.6. The van der Waals surface area contributed by atoms with Gasteiger partial charge in [-0.2, -0.15) is 0 Å². The molecule has 0 bridgehead atoms. The Labute approximate surface area is 143 Å². The molecule has 0 aliphatic carbocycles. The molecule has 2 N–H and O–H groups in total. The fraction of sp³-hybridized carbons (Fsp3) is 0.0556. The van der Waals surface area contributed by atoms with Gasteiger partial charge in [0.05, 0.1) is 5.39 Å². The molecule has 24 heavy (non-hydrogen) atoms. The molecule has 0 unspecified atom stereocenters. The van der Waals surface area contributed by atoms with Crippen molar-refractivity contribution in [3.63, 3.8) is 0 Å². The van der Waals surface area contributed by atoms with Crippen LogP contribution in [0.5, 0.6) is 5.75 Å². The second-order valence-corrected chi connectivity index (χ2v) is 5.44. The Kier molecular flexibility index (Phi) is 4.67. The molecule has 0 saturated heterocycles. The van der Waals surface area contributed by atoms with E-state index in [1.54, 1.807) is 24.3 Å². The van der Waals surface area contributed by atoms with E-state index in [4.69, 9.17) is 16.6 Å². The van der Waals surface area contributed by atoms with Crippen molar-refractivity contribution >= 4 is 34.5 Å². The minimum absolute atomic E-state index is 0.0300. The highest BCUT2D eigenvalue weighted by atomic mass is 32.1. The first kappa shape index (κ1) is 15.9. The maximum atomic E-state index is 12.0. The Morgan fingerprint density at radius 3 is 2.67 bits per heavy atom. The van der Waals surface area contributed by atoms with Crippen LogP contribution in [0, 0.1) is 0 Å². The Hall–Kier alpha value is -2.99. The molecule has 0 spiro atoms. The average Bonchev–Trinajstić information content (AvgIpc) is 2.60. The molecule has 0 amide bonds. The highest BCUT2D eigenvalue weighted by Crippen LogP contribution is 2.24. The summed E-state index contributed by atoms with van der Waals surface area (Å²) in [4.78, 5) is 16.0. The molecule has 3 aromatic rings. The lowest BCUT2D eigenvalue weighted by Crippen LogP contribution is -2.19. The van der Waals surface area contributed by atoms with Gasteiger partial charge in [-0.25, -0.2) is 9.79 Å². The number of hydrogen-bond donors (Lipinski definition) is 2.